The maximum atomic E-state index is 4.58. The van der Waals surface area contributed by atoms with Crippen molar-refractivity contribution in [1.82, 2.24) is 25.1 Å². The van der Waals surface area contributed by atoms with Crippen molar-refractivity contribution >= 4 is 5.95 Å². The summed E-state index contributed by atoms with van der Waals surface area (Å²) in [6.45, 7) is 6.62. The van der Waals surface area contributed by atoms with E-state index in [0.29, 0.717) is 0 Å². The van der Waals surface area contributed by atoms with Crippen LogP contribution in [-0.4, -0.2) is 33.3 Å². The summed E-state index contributed by atoms with van der Waals surface area (Å²) in [4.78, 5) is 11.0. The Bertz CT molecular complexity index is 563. The highest BCUT2D eigenvalue weighted by Crippen LogP contribution is 2.12. The van der Waals surface area contributed by atoms with Crippen molar-refractivity contribution in [2.75, 3.05) is 18.5 Å². The van der Waals surface area contributed by atoms with Crippen LogP contribution in [0, 0.1) is 6.92 Å². The summed E-state index contributed by atoms with van der Waals surface area (Å²) < 4.78 is 1.80. The number of aryl methyl sites for hydroxylation is 2. The zero-order valence-corrected chi connectivity index (χ0v) is 12.6. The second-order valence-electron chi connectivity index (χ2n) is 4.94. The molecular formula is C14H22N6. The highest BCUT2D eigenvalue weighted by molar-refractivity contribution is 5.33. The van der Waals surface area contributed by atoms with Gasteiger partial charge in [0.2, 0.25) is 5.95 Å². The summed E-state index contributed by atoms with van der Waals surface area (Å²) in [6, 6.07) is 0. The number of nitrogens with one attached hydrogen (secondary N) is 1. The highest BCUT2D eigenvalue weighted by atomic mass is 15.3. The molecule has 1 N–H and O–H groups in total. The first-order chi connectivity index (χ1) is 9.60. The molecule has 0 saturated heterocycles. The van der Waals surface area contributed by atoms with E-state index in [2.05, 4.69) is 27.3 Å². The van der Waals surface area contributed by atoms with Gasteiger partial charge in [0.1, 0.15) is 0 Å². The van der Waals surface area contributed by atoms with E-state index in [-0.39, 0.29) is 0 Å². The van der Waals surface area contributed by atoms with Gasteiger partial charge in [0.05, 0.1) is 6.20 Å². The molecule has 0 atom stereocenters. The maximum Gasteiger partial charge on any atom is 0.225 e. The van der Waals surface area contributed by atoms with Crippen LogP contribution in [0.25, 0.3) is 0 Å². The van der Waals surface area contributed by atoms with Crippen molar-refractivity contribution in [1.29, 1.82) is 0 Å². The van der Waals surface area contributed by atoms with Gasteiger partial charge in [-0.05, 0) is 13.5 Å². The first-order valence-electron chi connectivity index (χ1n) is 6.82. The molecule has 0 saturated carbocycles. The van der Waals surface area contributed by atoms with Gasteiger partial charge in [-0.25, -0.2) is 9.97 Å². The minimum atomic E-state index is 0.742. The average Bonchev–Trinajstić information content (AvgIpc) is 2.82. The Hall–Kier alpha value is -1.95. The molecule has 0 fully saturated rings. The first kappa shape index (κ1) is 14.5. The molecule has 2 heterocycles. The Morgan fingerprint density at radius 2 is 2.15 bits per heavy atom. The molecule has 0 aromatic carbocycles. The molecule has 0 aliphatic carbocycles. The second-order valence-corrected chi connectivity index (χ2v) is 4.94. The van der Waals surface area contributed by atoms with E-state index in [1.165, 1.54) is 0 Å². The van der Waals surface area contributed by atoms with Gasteiger partial charge in [0.15, 0.2) is 0 Å². The fraction of sp³-hybridized carbons (Fsp3) is 0.500. The lowest BCUT2D eigenvalue weighted by Crippen LogP contribution is -2.20. The molecule has 2 aromatic rings. The van der Waals surface area contributed by atoms with Crippen molar-refractivity contribution in [2.24, 2.45) is 7.05 Å². The van der Waals surface area contributed by atoms with Crippen molar-refractivity contribution < 1.29 is 0 Å². The molecule has 2 aromatic heterocycles. The monoisotopic (exact) mass is 274 g/mol. The highest BCUT2D eigenvalue weighted by Gasteiger charge is 2.09. The molecule has 20 heavy (non-hydrogen) atoms. The van der Waals surface area contributed by atoms with Gasteiger partial charge in [0, 0.05) is 56.4 Å². The molecular weight excluding hydrogens is 252 g/mol. The summed E-state index contributed by atoms with van der Waals surface area (Å²) in [5.41, 5.74) is 3.31. The van der Waals surface area contributed by atoms with Crippen LogP contribution in [0.5, 0.6) is 0 Å². The van der Waals surface area contributed by atoms with E-state index in [1.54, 1.807) is 4.68 Å². The van der Waals surface area contributed by atoms with Crippen LogP contribution in [0.3, 0.4) is 0 Å². The van der Waals surface area contributed by atoms with Gasteiger partial charge in [-0.2, -0.15) is 5.10 Å². The van der Waals surface area contributed by atoms with Gasteiger partial charge < -0.3 is 10.2 Å². The van der Waals surface area contributed by atoms with Crippen molar-refractivity contribution in [3.05, 3.63) is 35.4 Å². The molecule has 0 aliphatic heterocycles. The fourth-order valence-corrected chi connectivity index (χ4v) is 1.99. The Balaban J connectivity index is 2.06. The molecule has 6 nitrogen and oxygen atoms in total. The summed E-state index contributed by atoms with van der Waals surface area (Å²) in [7, 11) is 3.91. The smallest absolute Gasteiger partial charge is 0.225 e. The normalized spacial score (nSPS) is 10.8. The topological polar surface area (TPSA) is 58.9 Å². The number of aromatic nitrogens is 4. The van der Waals surface area contributed by atoms with Crippen LogP contribution >= 0.6 is 0 Å². The summed E-state index contributed by atoms with van der Waals surface area (Å²) in [5, 5.41) is 7.46. The summed E-state index contributed by atoms with van der Waals surface area (Å²) >= 11 is 0. The van der Waals surface area contributed by atoms with Crippen LogP contribution < -0.4 is 10.2 Å². The molecule has 108 valence electrons. The quantitative estimate of drug-likeness (QED) is 0.859. The van der Waals surface area contributed by atoms with E-state index in [4.69, 9.17) is 0 Å². The summed E-state index contributed by atoms with van der Waals surface area (Å²) in [5.74, 6) is 0.742. The van der Waals surface area contributed by atoms with E-state index in [0.717, 1.165) is 42.4 Å². The molecule has 0 spiro atoms. The third kappa shape index (κ3) is 3.54. The molecule has 2 rings (SSSR count). The lowest BCUT2D eigenvalue weighted by Gasteiger charge is -2.17. The Morgan fingerprint density at radius 3 is 2.75 bits per heavy atom. The van der Waals surface area contributed by atoms with Crippen LogP contribution in [0.4, 0.5) is 5.95 Å². The van der Waals surface area contributed by atoms with E-state index in [9.17, 15) is 0 Å². The minimum absolute atomic E-state index is 0.742. The molecule has 6 heteroatoms. The lowest BCUT2D eigenvalue weighted by molar-refractivity contribution is 0.713. The van der Waals surface area contributed by atoms with Crippen molar-refractivity contribution in [3.63, 3.8) is 0 Å². The Morgan fingerprint density at radius 1 is 1.35 bits per heavy atom. The van der Waals surface area contributed by atoms with E-state index < -0.39 is 0 Å². The zero-order chi connectivity index (χ0) is 14.5. The number of anilines is 1. The average molecular weight is 274 g/mol. The number of hydrogen-bond donors (Lipinski definition) is 1. The van der Waals surface area contributed by atoms with E-state index >= 15 is 0 Å². The molecule has 0 bridgehead atoms. The van der Waals surface area contributed by atoms with Crippen LogP contribution in [0.1, 0.15) is 23.7 Å². The van der Waals surface area contributed by atoms with E-state index in [1.807, 2.05) is 44.5 Å². The van der Waals surface area contributed by atoms with Gasteiger partial charge in [-0.3, -0.25) is 4.68 Å². The predicted octanol–water partition coefficient (Wildman–Crippen LogP) is 1.26. The van der Waals surface area contributed by atoms with Gasteiger partial charge in [0.25, 0.3) is 0 Å². The van der Waals surface area contributed by atoms with Crippen LogP contribution in [0.15, 0.2) is 18.6 Å². The first-order valence-corrected chi connectivity index (χ1v) is 6.82. The van der Waals surface area contributed by atoms with Crippen molar-refractivity contribution in [3.8, 4) is 0 Å². The van der Waals surface area contributed by atoms with Crippen molar-refractivity contribution in [2.45, 2.75) is 26.9 Å². The number of rotatable bonds is 6. The third-order valence-corrected chi connectivity index (χ3v) is 3.15. The van der Waals surface area contributed by atoms with Crippen LogP contribution in [-0.2, 0) is 20.1 Å². The molecule has 0 radical (unpaired) electrons. The standard InChI is InChI=1S/C14H22N6/c1-5-15-7-13-8-16-14(18-11(13)2)19(3)9-12-6-17-20(4)10-12/h6,8,10,15H,5,7,9H2,1-4H3. The van der Waals surface area contributed by atoms with Gasteiger partial charge in [-0.1, -0.05) is 6.92 Å². The lowest BCUT2D eigenvalue weighted by atomic mass is 10.2. The predicted molar refractivity (Wildman–Crippen MR) is 79.5 cm³/mol. The maximum absolute atomic E-state index is 4.58. The van der Waals surface area contributed by atoms with Gasteiger partial charge in [-0.15, -0.1) is 0 Å². The minimum Gasteiger partial charge on any atom is -0.339 e. The summed E-state index contributed by atoms with van der Waals surface area (Å²) in [6.07, 6.45) is 5.77. The second kappa shape index (κ2) is 6.47. The SMILES string of the molecule is CCNCc1cnc(N(C)Cc2cnn(C)c2)nc1C. The fourth-order valence-electron chi connectivity index (χ4n) is 1.99. The van der Waals surface area contributed by atoms with Crippen LogP contribution in [0.2, 0.25) is 0 Å². The number of hydrogen-bond acceptors (Lipinski definition) is 5. The van der Waals surface area contributed by atoms with Gasteiger partial charge >= 0.3 is 0 Å². The number of nitrogens with zero attached hydrogens (tertiary/aromatic N) is 5. The molecule has 0 aliphatic rings. The largest absolute Gasteiger partial charge is 0.339 e. The molecule has 0 amide bonds. The Kier molecular flexibility index (Phi) is 4.68. The zero-order valence-electron chi connectivity index (χ0n) is 12.6. The molecule has 0 unspecified atom stereocenters. The third-order valence-electron chi connectivity index (χ3n) is 3.15. The Labute approximate surface area is 119 Å².